The van der Waals surface area contributed by atoms with E-state index >= 15 is 0 Å². The molecule has 1 amide bonds. The van der Waals surface area contributed by atoms with E-state index in [1.165, 1.54) is 10.3 Å². The van der Waals surface area contributed by atoms with E-state index in [0.717, 1.165) is 70.6 Å². The van der Waals surface area contributed by atoms with Gasteiger partial charge in [-0.25, -0.2) is 9.97 Å². The Labute approximate surface area is 229 Å². The van der Waals surface area contributed by atoms with Crippen molar-refractivity contribution in [2.75, 3.05) is 51.3 Å². The Balaban J connectivity index is 1.08. The van der Waals surface area contributed by atoms with Crippen molar-refractivity contribution < 1.29 is 9.53 Å². The van der Waals surface area contributed by atoms with Gasteiger partial charge < -0.3 is 15.0 Å². The lowest BCUT2D eigenvalue weighted by Crippen LogP contribution is -2.48. The number of nitrogens with one attached hydrogen (secondary N) is 1. The van der Waals surface area contributed by atoms with E-state index in [1.807, 2.05) is 53.9 Å². The molecule has 0 saturated carbocycles. The van der Waals surface area contributed by atoms with Gasteiger partial charge in [0.25, 0.3) is 5.91 Å². The lowest BCUT2D eigenvalue weighted by atomic mass is 10.1. The summed E-state index contributed by atoms with van der Waals surface area (Å²) in [6.45, 7) is 7.22. The summed E-state index contributed by atoms with van der Waals surface area (Å²) in [7, 11) is 1.69. The highest BCUT2D eigenvalue weighted by Gasteiger charge is 2.22. The first kappa shape index (κ1) is 24.8. The van der Waals surface area contributed by atoms with E-state index in [-0.39, 0.29) is 5.91 Å². The fourth-order valence-electron chi connectivity index (χ4n) is 4.90. The number of para-hydroxylation sites is 1. The Kier molecular flexibility index (Phi) is 6.97. The van der Waals surface area contributed by atoms with Gasteiger partial charge in [0.05, 0.1) is 33.5 Å². The summed E-state index contributed by atoms with van der Waals surface area (Å²) in [5.74, 6) is 0.769. The Morgan fingerprint density at radius 1 is 1.05 bits per heavy atom. The number of aromatic nitrogens is 2. The predicted molar refractivity (Wildman–Crippen MR) is 157 cm³/mol. The minimum atomic E-state index is -0.0566. The third kappa shape index (κ3) is 4.84. The molecule has 1 aliphatic rings. The van der Waals surface area contributed by atoms with Gasteiger partial charge in [0, 0.05) is 44.7 Å². The molecule has 6 rings (SSSR count). The van der Waals surface area contributed by atoms with Gasteiger partial charge in [-0.05, 0) is 42.1 Å². The van der Waals surface area contributed by atoms with E-state index in [4.69, 9.17) is 14.7 Å². The van der Waals surface area contributed by atoms with E-state index in [0.29, 0.717) is 12.1 Å². The maximum Gasteiger partial charge on any atom is 0.252 e. The Hall–Kier alpha value is -3.53. The molecule has 0 unspecified atom stereocenters. The normalized spacial score (nSPS) is 14.3. The first-order valence-electron chi connectivity index (χ1n) is 12.7. The molecule has 0 radical (unpaired) electrons. The molecule has 1 N–H and O–H groups in total. The molecular formula is C29H29N5O2S2. The quantitative estimate of drug-likeness (QED) is 0.295. The van der Waals surface area contributed by atoms with Crippen LogP contribution in [0.25, 0.3) is 31.7 Å². The van der Waals surface area contributed by atoms with E-state index in [9.17, 15) is 4.79 Å². The van der Waals surface area contributed by atoms with Crippen LogP contribution in [0, 0.1) is 6.92 Å². The largest absolute Gasteiger partial charge is 0.494 e. The third-order valence-electron chi connectivity index (χ3n) is 7.00. The van der Waals surface area contributed by atoms with Crippen LogP contribution in [0.2, 0.25) is 0 Å². The minimum absolute atomic E-state index is 0.0566. The monoisotopic (exact) mass is 543 g/mol. The van der Waals surface area contributed by atoms with Crippen LogP contribution < -0.4 is 15.0 Å². The summed E-state index contributed by atoms with van der Waals surface area (Å²) in [6, 6.07) is 17.9. The molecule has 194 valence electrons. The number of fused-ring (bicyclic) bond motifs is 2. The Morgan fingerprint density at radius 3 is 2.68 bits per heavy atom. The number of rotatable bonds is 7. The number of carbonyl (C=O) groups excluding carboxylic acids is 1. The molecule has 0 aliphatic carbocycles. The standard InChI is InChI=1S/C29H29N5O2S2/c1-19-9-10-24(36-2)26-27(19)38-29(32-26)34-15-13-33(14-16-34)12-11-30-28(35)21-18-23(25-8-5-17-37-25)31-22-7-4-3-6-20(21)22/h3-10,17-18H,11-16H2,1-2H3,(H,30,35). The second-order valence-electron chi connectivity index (χ2n) is 9.39. The number of anilines is 1. The van der Waals surface area contributed by atoms with Crippen LogP contribution in [-0.4, -0.2) is 67.2 Å². The van der Waals surface area contributed by atoms with E-state index in [2.05, 4.69) is 28.1 Å². The van der Waals surface area contributed by atoms with Crippen LogP contribution in [-0.2, 0) is 0 Å². The molecule has 2 aromatic carbocycles. The summed E-state index contributed by atoms with van der Waals surface area (Å²) in [5, 5.41) is 7.10. The number of thiazole rings is 1. The van der Waals surface area contributed by atoms with Gasteiger partial charge in [0.2, 0.25) is 0 Å². The molecule has 1 aliphatic heterocycles. The first-order chi connectivity index (χ1) is 18.6. The van der Waals surface area contributed by atoms with Crippen molar-refractivity contribution in [2.24, 2.45) is 0 Å². The number of pyridine rings is 1. The number of piperazine rings is 1. The van der Waals surface area contributed by atoms with Gasteiger partial charge in [0.1, 0.15) is 11.3 Å². The average molecular weight is 544 g/mol. The minimum Gasteiger partial charge on any atom is -0.494 e. The first-order valence-corrected chi connectivity index (χ1v) is 14.4. The number of thiophene rings is 1. The lowest BCUT2D eigenvalue weighted by molar-refractivity contribution is 0.0949. The number of carbonyl (C=O) groups is 1. The van der Waals surface area contributed by atoms with Crippen molar-refractivity contribution in [2.45, 2.75) is 6.92 Å². The van der Waals surface area contributed by atoms with Crippen molar-refractivity contribution in [1.82, 2.24) is 20.2 Å². The molecule has 1 saturated heterocycles. The van der Waals surface area contributed by atoms with Crippen LogP contribution in [0.3, 0.4) is 0 Å². The van der Waals surface area contributed by atoms with Crippen LogP contribution in [0.4, 0.5) is 5.13 Å². The number of hydrogen-bond donors (Lipinski definition) is 1. The van der Waals surface area contributed by atoms with Crippen molar-refractivity contribution in [3.8, 4) is 16.3 Å². The second kappa shape index (κ2) is 10.7. The SMILES string of the molecule is COc1ccc(C)c2sc(N3CCN(CCNC(=O)c4cc(-c5cccs5)nc5ccccc45)CC3)nc12. The highest BCUT2D eigenvalue weighted by Crippen LogP contribution is 2.36. The summed E-state index contributed by atoms with van der Waals surface area (Å²) < 4.78 is 6.71. The summed E-state index contributed by atoms with van der Waals surface area (Å²) in [5.41, 5.74) is 4.52. The molecular weight excluding hydrogens is 514 g/mol. The molecule has 0 spiro atoms. The molecule has 1 fully saturated rings. The molecule has 3 aromatic heterocycles. The fraction of sp³-hybridized carbons (Fsp3) is 0.276. The summed E-state index contributed by atoms with van der Waals surface area (Å²) in [6.07, 6.45) is 0. The summed E-state index contributed by atoms with van der Waals surface area (Å²) in [4.78, 5) is 28.7. The van der Waals surface area contributed by atoms with Crippen molar-refractivity contribution >= 4 is 54.8 Å². The molecule has 0 atom stereocenters. The van der Waals surface area contributed by atoms with Crippen molar-refractivity contribution in [3.05, 3.63) is 71.1 Å². The van der Waals surface area contributed by atoms with Crippen LogP contribution in [0.15, 0.2) is 60.0 Å². The number of methoxy groups -OCH3 is 1. The average Bonchev–Trinajstić information content (AvgIpc) is 3.65. The molecule has 0 bridgehead atoms. The molecule has 9 heteroatoms. The Bertz CT molecular complexity index is 1590. The van der Waals surface area contributed by atoms with Gasteiger partial charge in [-0.2, -0.15) is 0 Å². The maximum absolute atomic E-state index is 13.2. The zero-order chi connectivity index (χ0) is 26.1. The number of benzene rings is 2. The van der Waals surface area contributed by atoms with Gasteiger partial charge in [-0.15, -0.1) is 11.3 Å². The lowest BCUT2D eigenvalue weighted by Gasteiger charge is -2.34. The van der Waals surface area contributed by atoms with Gasteiger partial charge in [-0.1, -0.05) is 41.7 Å². The molecule has 5 aromatic rings. The van der Waals surface area contributed by atoms with Gasteiger partial charge >= 0.3 is 0 Å². The topological polar surface area (TPSA) is 70.6 Å². The zero-order valence-corrected chi connectivity index (χ0v) is 23.1. The molecule has 4 heterocycles. The number of ether oxygens (including phenoxy) is 1. The zero-order valence-electron chi connectivity index (χ0n) is 21.4. The number of aryl methyl sites for hydroxylation is 1. The van der Waals surface area contributed by atoms with Crippen LogP contribution in [0.1, 0.15) is 15.9 Å². The summed E-state index contributed by atoms with van der Waals surface area (Å²) >= 11 is 3.37. The van der Waals surface area contributed by atoms with Crippen molar-refractivity contribution in [3.63, 3.8) is 0 Å². The molecule has 38 heavy (non-hydrogen) atoms. The smallest absolute Gasteiger partial charge is 0.252 e. The third-order valence-corrected chi connectivity index (χ3v) is 9.15. The number of amides is 1. The highest BCUT2D eigenvalue weighted by atomic mass is 32.1. The van der Waals surface area contributed by atoms with Crippen molar-refractivity contribution in [1.29, 1.82) is 0 Å². The fourth-order valence-corrected chi connectivity index (χ4v) is 6.69. The van der Waals surface area contributed by atoms with E-state index < -0.39 is 0 Å². The predicted octanol–water partition coefficient (Wildman–Crippen LogP) is 5.44. The van der Waals surface area contributed by atoms with Gasteiger partial charge in [0.15, 0.2) is 5.13 Å². The van der Waals surface area contributed by atoms with Gasteiger partial charge in [-0.3, -0.25) is 9.69 Å². The highest BCUT2D eigenvalue weighted by molar-refractivity contribution is 7.22. The van der Waals surface area contributed by atoms with E-state index in [1.54, 1.807) is 29.8 Å². The number of hydrogen-bond acceptors (Lipinski definition) is 8. The second-order valence-corrected chi connectivity index (χ2v) is 11.3. The number of nitrogens with zero attached hydrogens (tertiary/aromatic N) is 4. The van der Waals surface area contributed by atoms with Crippen LogP contribution in [0.5, 0.6) is 5.75 Å². The molecule has 7 nitrogen and oxygen atoms in total. The maximum atomic E-state index is 13.2. The van der Waals surface area contributed by atoms with Crippen LogP contribution >= 0.6 is 22.7 Å². The Morgan fingerprint density at radius 2 is 1.89 bits per heavy atom.